The van der Waals surface area contributed by atoms with E-state index in [9.17, 15) is 4.79 Å². The fourth-order valence-electron chi connectivity index (χ4n) is 2.13. The van der Waals surface area contributed by atoms with Gasteiger partial charge < -0.3 is 11.1 Å². The van der Waals surface area contributed by atoms with Gasteiger partial charge in [-0.05, 0) is 19.8 Å². The molecule has 0 aromatic rings. The lowest BCUT2D eigenvalue weighted by atomic mass is 9.85. The maximum atomic E-state index is 11.9. The second-order valence-corrected chi connectivity index (χ2v) is 4.12. The Labute approximate surface area is 91.8 Å². The molecule has 0 unspecified atom stereocenters. The Kier molecular flexibility index (Phi) is 4.64. The zero-order valence-electron chi connectivity index (χ0n) is 9.44. The normalized spacial score (nSPS) is 18.0. The smallest absolute Gasteiger partial charge is 0.227 e. The molecule has 1 fully saturated rings. The highest BCUT2D eigenvalue weighted by molar-refractivity contribution is 5.83. The van der Waals surface area contributed by atoms with E-state index in [-0.39, 0.29) is 11.3 Å². The van der Waals surface area contributed by atoms with Gasteiger partial charge in [0.15, 0.2) is 0 Å². The van der Waals surface area contributed by atoms with Gasteiger partial charge in [-0.2, -0.15) is 0 Å². The maximum Gasteiger partial charge on any atom is 0.227 e. The standard InChI is InChI=1S/C12H20N2O/c1-2-3-6-9-14-11(15)12(10-13)7-4-5-8-12/h4-10,13H2,1H3,(H,14,15). The first kappa shape index (κ1) is 12.1. The predicted octanol–water partition coefficient (Wildman–Crippen LogP) is 1.04. The molecule has 0 aromatic heterocycles. The van der Waals surface area contributed by atoms with E-state index in [2.05, 4.69) is 17.2 Å². The van der Waals surface area contributed by atoms with E-state index >= 15 is 0 Å². The first-order valence-electron chi connectivity index (χ1n) is 5.63. The van der Waals surface area contributed by atoms with E-state index < -0.39 is 0 Å². The summed E-state index contributed by atoms with van der Waals surface area (Å²) < 4.78 is 0. The highest BCUT2D eigenvalue weighted by Gasteiger charge is 2.39. The molecule has 3 heteroatoms. The summed E-state index contributed by atoms with van der Waals surface area (Å²) in [6.07, 6.45) is 4.85. The van der Waals surface area contributed by atoms with Gasteiger partial charge in [0.25, 0.3) is 0 Å². The summed E-state index contributed by atoms with van der Waals surface area (Å²) in [5.74, 6) is 5.86. The third-order valence-corrected chi connectivity index (χ3v) is 3.15. The van der Waals surface area contributed by atoms with E-state index in [0.717, 1.165) is 32.1 Å². The Bertz CT molecular complexity index is 269. The number of nitrogens with two attached hydrogens (primary N) is 1. The molecule has 0 spiro atoms. The number of nitrogens with one attached hydrogen (secondary N) is 1. The molecule has 3 N–H and O–H groups in total. The monoisotopic (exact) mass is 208 g/mol. The quantitative estimate of drug-likeness (QED) is 0.535. The van der Waals surface area contributed by atoms with Gasteiger partial charge in [-0.3, -0.25) is 4.79 Å². The highest BCUT2D eigenvalue weighted by atomic mass is 16.2. The average molecular weight is 208 g/mol. The van der Waals surface area contributed by atoms with Crippen LogP contribution >= 0.6 is 0 Å². The average Bonchev–Trinajstić information content (AvgIpc) is 2.74. The van der Waals surface area contributed by atoms with Crippen LogP contribution in [0.3, 0.4) is 0 Å². The molecular formula is C12H20N2O. The molecule has 1 aliphatic rings. The van der Waals surface area contributed by atoms with Crippen LogP contribution < -0.4 is 11.1 Å². The number of carbonyl (C=O) groups is 1. The summed E-state index contributed by atoms with van der Waals surface area (Å²) in [5.41, 5.74) is 5.43. The van der Waals surface area contributed by atoms with Crippen LogP contribution in [0.15, 0.2) is 0 Å². The van der Waals surface area contributed by atoms with Gasteiger partial charge in [-0.25, -0.2) is 0 Å². The van der Waals surface area contributed by atoms with Gasteiger partial charge in [0.05, 0.1) is 5.41 Å². The number of hydrogen-bond donors (Lipinski definition) is 2. The van der Waals surface area contributed by atoms with Crippen molar-refractivity contribution in [3.8, 4) is 11.8 Å². The van der Waals surface area contributed by atoms with Gasteiger partial charge in [-0.15, -0.1) is 11.8 Å². The molecule has 1 rings (SSSR count). The first-order valence-corrected chi connectivity index (χ1v) is 5.63. The zero-order chi connectivity index (χ0) is 11.1. The molecule has 0 heterocycles. The number of hydrogen-bond acceptors (Lipinski definition) is 2. The molecule has 0 atom stereocenters. The van der Waals surface area contributed by atoms with Gasteiger partial charge in [0.1, 0.15) is 0 Å². The third kappa shape index (κ3) is 2.97. The van der Waals surface area contributed by atoms with Crippen molar-refractivity contribution < 1.29 is 4.79 Å². The molecule has 3 nitrogen and oxygen atoms in total. The van der Waals surface area contributed by atoms with Crippen molar-refractivity contribution in [2.45, 2.75) is 39.0 Å². The van der Waals surface area contributed by atoms with Gasteiger partial charge >= 0.3 is 0 Å². The number of rotatable bonds is 4. The summed E-state index contributed by atoms with van der Waals surface area (Å²) in [4.78, 5) is 11.9. The van der Waals surface area contributed by atoms with Gasteiger partial charge in [-0.1, -0.05) is 12.8 Å². The van der Waals surface area contributed by atoms with Crippen LogP contribution in [0, 0.1) is 17.3 Å². The van der Waals surface area contributed by atoms with Gasteiger partial charge in [0, 0.05) is 19.5 Å². The van der Waals surface area contributed by atoms with Crippen LogP contribution in [0.5, 0.6) is 0 Å². The Balaban J connectivity index is 2.39. The Morgan fingerprint density at radius 2 is 2.13 bits per heavy atom. The Morgan fingerprint density at radius 1 is 1.47 bits per heavy atom. The molecule has 0 aliphatic heterocycles. The van der Waals surface area contributed by atoms with E-state index in [1.165, 1.54) is 0 Å². The van der Waals surface area contributed by atoms with Crippen molar-refractivity contribution in [2.75, 3.05) is 13.1 Å². The summed E-state index contributed by atoms with van der Waals surface area (Å²) in [6.45, 7) is 2.92. The van der Waals surface area contributed by atoms with Crippen LogP contribution in [0.2, 0.25) is 0 Å². The van der Waals surface area contributed by atoms with Crippen molar-refractivity contribution in [1.29, 1.82) is 0 Å². The first-order chi connectivity index (χ1) is 7.25. The van der Waals surface area contributed by atoms with E-state index in [4.69, 9.17) is 5.73 Å². The molecular weight excluding hydrogens is 188 g/mol. The predicted molar refractivity (Wildman–Crippen MR) is 61.0 cm³/mol. The van der Waals surface area contributed by atoms with Crippen LogP contribution in [-0.2, 0) is 4.79 Å². The Morgan fingerprint density at radius 3 is 2.67 bits per heavy atom. The topological polar surface area (TPSA) is 55.1 Å². The van der Waals surface area contributed by atoms with Crippen molar-refractivity contribution in [3.05, 3.63) is 0 Å². The molecule has 1 amide bonds. The molecule has 0 aromatic carbocycles. The summed E-state index contributed by atoms with van der Waals surface area (Å²) in [6, 6.07) is 0. The lowest BCUT2D eigenvalue weighted by Crippen LogP contribution is -2.44. The largest absolute Gasteiger partial charge is 0.355 e. The SMILES string of the molecule is CC#CCCNC(=O)C1(CN)CCCC1. The lowest BCUT2D eigenvalue weighted by molar-refractivity contribution is -0.130. The minimum Gasteiger partial charge on any atom is -0.355 e. The molecule has 0 radical (unpaired) electrons. The van der Waals surface area contributed by atoms with Crippen molar-refractivity contribution in [1.82, 2.24) is 5.32 Å². The fraction of sp³-hybridized carbons (Fsp3) is 0.750. The number of amides is 1. The summed E-state index contributed by atoms with van der Waals surface area (Å²) in [7, 11) is 0. The number of carbonyl (C=O) groups excluding carboxylic acids is 1. The molecule has 1 saturated carbocycles. The van der Waals surface area contributed by atoms with Crippen molar-refractivity contribution in [2.24, 2.45) is 11.1 Å². The fourth-order valence-corrected chi connectivity index (χ4v) is 2.13. The molecule has 84 valence electrons. The van der Waals surface area contributed by atoms with Gasteiger partial charge in [0.2, 0.25) is 5.91 Å². The Hall–Kier alpha value is -1.01. The highest BCUT2D eigenvalue weighted by Crippen LogP contribution is 2.37. The van der Waals surface area contributed by atoms with Crippen molar-refractivity contribution >= 4 is 5.91 Å². The third-order valence-electron chi connectivity index (χ3n) is 3.15. The molecule has 0 bridgehead atoms. The minimum atomic E-state index is -0.278. The van der Waals surface area contributed by atoms with E-state index in [0.29, 0.717) is 13.1 Å². The summed E-state index contributed by atoms with van der Waals surface area (Å²) in [5, 5.41) is 2.93. The lowest BCUT2D eigenvalue weighted by Gasteiger charge is -2.25. The second-order valence-electron chi connectivity index (χ2n) is 4.12. The molecule has 0 saturated heterocycles. The molecule has 1 aliphatic carbocycles. The maximum absolute atomic E-state index is 11.9. The second kappa shape index (κ2) is 5.77. The van der Waals surface area contributed by atoms with E-state index in [1.807, 2.05) is 0 Å². The van der Waals surface area contributed by atoms with Crippen LogP contribution in [0.25, 0.3) is 0 Å². The van der Waals surface area contributed by atoms with Crippen LogP contribution in [0.4, 0.5) is 0 Å². The van der Waals surface area contributed by atoms with Crippen LogP contribution in [0.1, 0.15) is 39.0 Å². The van der Waals surface area contributed by atoms with E-state index in [1.54, 1.807) is 6.92 Å². The van der Waals surface area contributed by atoms with Crippen molar-refractivity contribution in [3.63, 3.8) is 0 Å². The summed E-state index contributed by atoms with van der Waals surface area (Å²) >= 11 is 0. The minimum absolute atomic E-state index is 0.125. The molecule has 15 heavy (non-hydrogen) atoms. The van der Waals surface area contributed by atoms with Crippen LogP contribution in [-0.4, -0.2) is 19.0 Å². The zero-order valence-corrected chi connectivity index (χ0v) is 9.44.